The molecule has 0 atom stereocenters. The fourth-order valence-corrected chi connectivity index (χ4v) is 2.85. The molecule has 0 bridgehead atoms. The summed E-state index contributed by atoms with van der Waals surface area (Å²) < 4.78 is 13.3. The summed E-state index contributed by atoms with van der Waals surface area (Å²) in [4.78, 5) is 2.01. The van der Waals surface area contributed by atoms with Crippen LogP contribution >= 0.6 is 0 Å². The molecule has 2 fully saturated rings. The maximum Gasteiger partial charge on any atom is 0.177 e. The predicted octanol–water partition coefficient (Wildman–Crippen LogP) is 3.21. The van der Waals surface area contributed by atoms with E-state index in [1.807, 2.05) is 30.3 Å². The average molecular weight is 366 g/mol. The Labute approximate surface area is 160 Å². The van der Waals surface area contributed by atoms with E-state index in [1.165, 1.54) is 12.8 Å². The molecule has 27 heavy (non-hydrogen) atoms. The second kappa shape index (κ2) is 7.34. The Morgan fingerprint density at radius 2 is 2.04 bits per heavy atom. The van der Waals surface area contributed by atoms with Crippen LogP contribution in [0.1, 0.15) is 32.3 Å². The van der Waals surface area contributed by atoms with Crippen molar-refractivity contribution in [2.75, 3.05) is 25.2 Å². The molecule has 2 aromatic rings. The molecule has 1 aliphatic heterocycles. The highest BCUT2D eigenvalue weighted by molar-refractivity contribution is 5.60. The van der Waals surface area contributed by atoms with Crippen molar-refractivity contribution < 1.29 is 9.47 Å². The minimum Gasteiger partial charge on any atom is -0.350 e. The van der Waals surface area contributed by atoms with Crippen LogP contribution in [-0.2, 0) is 16.0 Å². The molecule has 142 valence electrons. The lowest BCUT2D eigenvalue weighted by molar-refractivity contribution is -0.227. The maximum absolute atomic E-state index is 5.78. The zero-order valence-corrected chi connectivity index (χ0v) is 16.2. The Kier molecular flexibility index (Phi) is 4.90. The van der Waals surface area contributed by atoms with Crippen molar-refractivity contribution in [1.82, 2.24) is 15.0 Å². The van der Waals surface area contributed by atoms with E-state index in [-0.39, 0.29) is 11.7 Å². The minimum atomic E-state index is -0.279. The van der Waals surface area contributed by atoms with Gasteiger partial charge in [-0.15, -0.1) is 5.10 Å². The van der Waals surface area contributed by atoms with Gasteiger partial charge in [-0.05, 0) is 31.0 Å². The molecule has 6 nitrogen and oxygen atoms in total. The van der Waals surface area contributed by atoms with Gasteiger partial charge in [0.05, 0.1) is 26.0 Å². The fourth-order valence-electron chi connectivity index (χ4n) is 2.85. The van der Waals surface area contributed by atoms with Crippen molar-refractivity contribution in [3.8, 4) is 11.8 Å². The third-order valence-corrected chi connectivity index (χ3v) is 4.76. The van der Waals surface area contributed by atoms with E-state index >= 15 is 0 Å². The first-order chi connectivity index (χ1) is 13.0. The molecular weight excluding hydrogens is 340 g/mol. The smallest absolute Gasteiger partial charge is 0.177 e. The van der Waals surface area contributed by atoms with E-state index in [0.29, 0.717) is 25.7 Å². The van der Waals surface area contributed by atoms with Crippen LogP contribution in [0.5, 0.6) is 0 Å². The summed E-state index contributed by atoms with van der Waals surface area (Å²) in [6, 6.07) is 8.21. The second-order valence-corrected chi connectivity index (χ2v) is 8.17. The third kappa shape index (κ3) is 4.68. The minimum absolute atomic E-state index is 0.0671. The fraction of sp³-hybridized carbons (Fsp3) is 0.524. The predicted molar refractivity (Wildman–Crippen MR) is 104 cm³/mol. The van der Waals surface area contributed by atoms with Crippen LogP contribution in [0.3, 0.4) is 0 Å². The van der Waals surface area contributed by atoms with Gasteiger partial charge in [-0.25, -0.2) is 4.68 Å². The summed E-state index contributed by atoms with van der Waals surface area (Å²) in [7, 11) is 1.98. The van der Waals surface area contributed by atoms with Crippen molar-refractivity contribution in [1.29, 1.82) is 0 Å². The number of aromatic nitrogens is 3. The highest BCUT2D eigenvalue weighted by atomic mass is 16.7. The molecule has 1 aromatic carbocycles. The summed E-state index contributed by atoms with van der Waals surface area (Å²) in [5.41, 5.74) is 2.14. The monoisotopic (exact) mass is 366 g/mol. The normalized spacial score (nSPS) is 19.4. The lowest BCUT2D eigenvalue weighted by Gasteiger charge is -2.34. The number of hydrogen-bond acceptors (Lipinski definition) is 5. The van der Waals surface area contributed by atoms with Crippen molar-refractivity contribution >= 4 is 11.5 Å². The van der Waals surface area contributed by atoms with Crippen molar-refractivity contribution in [2.45, 2.75) is 39.5 Å². The molecule has 0 unspecified atom stereocenters. The van der Waals surface area contributed by atoms with E-state index in [1.54, 1.807) is 4.68 Å². The lowest BCUT2D eigenvalue weighted by Crippen LogP contribution is -2.39. The topological polar surface area (TPSA) is 52.4 Å². The summed E-state index contributed by atoms with van der Waals surface area (Å²) in [5, 5.41) is 8.51. The highest BCUT2D eigenvalue weighted by Crippen LogP contribution is 2.28. The molecule has 0 spiro atoms. The molecule has 0 amide bonds. The quantitative estimate of drug-likeness (QED) is 0.778. The van der Waals surface area contributed by atoms with Crippen molar-refractivity contribution in [3.63, 3.8) is 0 Å². The summed E-state index contributed by atoms with van der Waals surface area (Å²) in [6.45, 7) is 6.18. The summed E-state index contributed by atoms with van der Waals surface area (Å²) in [5.74, 6) is 7.95. The van der Waals surface area contributed by atoms with E-state index in [2.05, 4.69) is 48.1 Å². The van der Waals surface area contributed by atoms with Gasteiger partial charge in [0.15, 0.2) is 12.1 Å². The number of benzene rings is 1. The molecule has 2 heterocycles. The first-order valence-electron chi connectivity index (χ1n) is 9.47. The molecular formula is C21H26N4O2. The first kappa shape index (κ1) is 18.0. The zero-order valence-electron chi connectivity index (χ0n) is 16.2. The number of nitrogens with zero attached hydrogens (tertiary/aromatic N) is 4. The van der Waals surface area contributed by atoms with Crippen LogP contribution in [0, 0.1) is 23.2 Å². The Morgan fingerprint density at radius 3 is 2.78 bits per heavy atom. The van der Waals surface area contributed by atoms with E-state index in [4.69, 9.17) is 9.47 Å². The van der Waals surface area contributed by atoms with Gasteiger partial charge in [-0.3, -0.25) is 0 Å². The Bertz CT molecular complexity index is 850. The summed E-state index contributed by atoms with van der Waals surface area (Å²) in [6.07, 6.45) is 4.11. The zero-order chi connectivity index (χ0) is 18.9. The van der Waals surface area contributed by atoms with Gasteiger partial charge in [-0.1, -0.05) is 37.0 Å². The molecule has 4 rings (SSSR count). The van der Waals surface area contributed by atoms with Crippen LogP contribution in [-0.4, -0.2) is 41.5 Å². The number of rotatable bonds is 4. The van der Waals surface area contributed by atoms with Crippen LogP contribution in [0.25, 0.3) is 0 Å². The highest BCUT2D eigenvalue weighted by Gasteiger charge is 2.28. The van der Waals surface area contributed by atoms with Gasteiger partial charge in [0.2, 0.25) is 0 Å². The van der Waals surface area contributed by atoms with Crippen molar-refractivity contribution in [2.24, 2.45) is 11.3 Å². The molecule has 1 aliphatic carbocycles. The van der Waals surface area contributed by atoms with Gasteiger partial charge in [-0.2, -0.15) is 0 Å². The van der Waals surface area contributed by atoms with Gasteiger partial charge < -0.3 is 14.4 Å². The SMILES string of the molecule is CN(c1cccc(C#CC2CC2)c1)c1cn(CC2OCC(C)(C)CO2)nn1. The second-order valence-electron chi connectivity index (χ2n) is 8.17. The molecule has 6 heteroatoms. The van der Waals surface area contributed by atoms with Crippen LogP contribution in [0.15, 0.2) is 30.5 Å². The molecule has 1 saturated carbocycles. The molecule has 1 aromatic heterocycles. The average Bonchev–Trinajstić information content (AvgIpc) is 3.38. The molecule has 0 radical (unpaired) electrons. The Morgan fingerprint density at radius 1 is 1.26 bits per heavy atom. The molecule has 2 aliphatic rings. The Hall–Kier alpha value is -2.36. The van der Waals surface area contributed by atoms with Crippen molar-refractivity contribution in [3.05, 3.63) is 36.0 Å². The number of hydrogen-bond donors (Lipinski definition) is 0. The maximum atomic E-state index is 5.78. The largest absolute Gasteiger partial charge is 0.350 e. The van der Waals surface area contributed by atoms with Gasteiger partial charge >= 0.3 is 0 Å². The van der Waals surface area contributed by atoms with E-state index in [0.717, 1.165) is 17.1 Å². The van der Waals surface area contributed by atoms with Gasteiger partial charge in [0.1, 0.15) is 0 Å². The van der Waals surface area contributed by atoms with Gasteiger partial charge in [0, 0.05) is 29.6 Å². The summed E-state index contributed by atoms with van der Waals surface area (Å²) >= 11 is 0. The van der Waals surface area contributed by atoms with Crippen LogP contribution in [0.2, 0.25) is 0 Å². The van der Waals surface area contributed by atoms with Gasteiger partial charge in [0.25, 0.3) is 0 Å². The van der Waals surface area contributed by atoms with Crippen LogP contribution in [0.4, 0.5) is 11.5 Å². The third-order valence-electron chi connectivity index (χ3n) is 4.76. The Balaban J connectivity index is 1.40. The lowest BCUT2D eigenvalue weighted by atomic mass is 9.96. The molecule has 1 saturated heterocycles. The van der Waals surface area contributed by atoms with E-state index in [9.17, 15) is 0 Å². The van der Waals surface area contributed by atoms with E-state index < -0.39 is 0 Å². The van der Waals surface area contributed by atoms with Crippen LogP contribution < -0.4 is 4.90 Å². The number of anilines is 2. The molecule has 0 N–H and O–H groups in total. The number of ether oxygens (including phenoxy) is 2. The standard InChI is InChI=1S/C21H26N4O2/c1-21(2)14-26-20(27-15-21)13-25-12-19(22-23-25)24(3)18-6-4-5-17(11-18)10-9-16-7-8-16/h4-6,11-12,16,20H,7-8,13-15H2,1-3H3. The first-order valence-corrected chi connectivity index (χ1v) is 9.47.